The molecule has 0 saturated carbocycles. The molecule has 0 aromatic heterocycles. The molecule has 0 saturated heterocycles. The van der Waals surface area contributed by atoms with E-state index in [2.05, 4.69) is 0 Å². The summed E-state index contributed by atoms with van der Waals surface area (Å²) in [4.78, 5) is 21.5. The van der Waals surface area contributed by atoms with Gasteiger partial charge in [-0.2, -0.15) is 4.39 Å². The van der Waals surface area contributed by atoms with Gasteiger partial charge < -0.3 is 10.4 Å². The number of halogens is 3. The van der Waals surface area contributed by atoms with Crippen LogP contribution in [0.2, 0.25) is 0 Å². The summed E-state index contributed by atoms with van der Waals surface area (Å²) in [6, 6.07) is 0. The third-order valence-electron chi connectivity index (χ3n) is 1.33. The van der Waals surface area contributed by atoms with E-state index in [1.54, 1.807) is 0 Å². The Morgan fingerprint density at radius 3 is 2.07 bits per heavy atom. The second-order valence-electron chi connectivity index (χ2n) is 2.96. The van der Waals surface area contributed by atoms with E-state index in [4.69, 9.17) is 28.3 Å². The molecule has 0 atom stereocenters. The zero-order valence-corrected chi connectivity index (χ0v) is 8.91. The van der Waals surface area contributed by atoms with E-state index in [1.165, 1.54) is 13.8 Å². The summed E-state index contributed by atoms with van der Waals surface area (Å²) >= 11 is 9.99. The Bertz CT molecular complexity index is 297. The number of carbonyl (C=O) groups excluding carboxylic acids is 1. The smallest absolute Gasteiger partial charge is 0.328 e. The minimum atomic E-state index is -1.59. The van der Waals surface area contributed by atoms with E-state index in [1.807, 2.05) is 5.32 Å². The minimum Gasteiger partial charge on any atom is -0.480 e. The zero-order chi connectivity index (χ0) is 11.5. The maximum atomic E-state index is 12.7. The molecule has 0 spiro atoms. The number of carboxylic acid groups (broad SMARTS) is 1. The molecule has 0 aliphatic rings. The van der Waals surface area contributed by atoms with Gasteiger partial charge in [0.1, 0.15) is 10.0 Å². The van der Waals surface area contributed by atoms with Crippen LogP contribution in [0.25, 0.3) is 0 Å². The van der Waals surface area contributed by atoms with Crippen LogP contribution < -0.4 is 5.32 Å². The quantitative estimate of drug-likeness (QED) is 0.740. The van der Waals surface area contributed by atoms with Gasteiger partial charge in [0.25, 0.3) is 5.91 Å². The summed E-state index contributed by atoms with van der Waals surface area (Å²) in [5.41, 5.74) is -1.59. The molecule has 0 aliphatic carbocycles. The molecule has 2 N–H and O–H groups in total. The standard InChI is InChI=1S/C7H8Cl2FNO3/c1-7(2,6(13)14)11-5(12)3(10)4(8)9/h1-2H3,(H,11,12)(H,13,14). The van der Waals surface area contributed by atoms with Gasteiger partial charge in [0.05, 0.1) is 0 Å². The van der Waals surface area contributed by atoms with Crippen LogP contribution in [0.4, 0.5) is 4.39 Å². The van der Waals surface area contributed by atoms with Crippen LogP contribution in [0.3, 0.4) is 0 Å². The number of carboxylic acids is 1. The van der Waals surface area contributed by atoms with E-state index in [-0.39, 0.29) is 0 Å². The molecular formula is C7H8Cl2FNO3. The first-order valence-corrected chi connectivity index (χ1v) is 4.20. The predicted octanol–water partition coefficient (Wildman–Crippen LogP) is 1.58. The minimum absolute atomic E-state index is 0.844. The van der Waals surface area contributed by atoms with E-state index in [0.717, 1.165) is 0 Å². The molecular weight excluding hydrogens is 236 g/mol. The molecule has 14 heavy (non-hydrogen) atoms. The van der Waals surface area contributed by atoms with Crippen molar-refractivity contribution in [2.24, 2.45) is 0 Å². The highest BCUT2D eigenvalue weighted by molar-refractivity contribution is 6.57. The summed E-state index contributed by atoms with van der Waals surface area (Å²) in [5, 5.41) is 10.5. The van der Waals surface area contributed by atoms with Gasteiger partial charge in [-0.1, -0.05) is 23.2 Å². The van der Waals surface area contributed by atoms with E-state index in [0.29, 0.717) is 0 Å². The zero-order valence-electron chi connectivity index (χ0n) is 7.40. The molecule has 7 heteroatoms. The van der Waals surface area contributed by atoms with Crippen LogP contribution in [0, 0.1) is 0 Å². The number of carbonyl (C=O) groups is 2. The summed E-state index contributed by atoms with van der Waals surface area (Å²) in [6.07, 6.45) is 0. The van der Waals surface area contributed by atoms with E-state index < -0.39 is 27.7 Å². The normalized spacial score (nSPS) is 10.6. The monoisotopic (exact) mass is 243 g/mol. The van der Waals surface area contributed by atoms with Crippen LogP contribution in [-0.4, -0.2) is 22.5 Å². The molecule has 0 bridgehead atoms. The van der Waals surface area contributed by atoms with Crippen molar-refractivity contribution in [1.82, 2.24) is 5.32 Å². The fourth-order valence-corrected chi connectivity index (χ4v) is 0.650. The molecule has 0 rings (SSSR count). The van der Waals surface area contributed by atoms with Crippen LogP contribution in [0.1, 0.15) is 13.8 Å². The van der Waals surface area contributed by atoms with Crippen LogP contribution >= 0.6 is 23.2 Å². The Morgan fingerprint density at radius 1 is 1.36 bits per heavy atom. The summed E-state index contributed by atoms with van der Waals surface area (Å²) in [6.45, 7) is 2.39. The van der Waals surface area contributed by atoms with Crippen molar-refractivity contribution in [2.45, 2.75) is 19.4 Å². The lowest BCUT2D eigenvalue weighted by atomic mass is 10.1. The van der Waals surface area contributed by atoms with E-state index in [9.17, 15) is 14.0 Å². The van der Waals surface area contributed by atoms with Gasteiger partial charge in [0.2, 0.25) is 5.83 Å². The molecule has 0 aromatic carbocycles. The van der Waals surface area contributed by atoms with Crippen molar-refractivity contribution in [3.63, 3.8) is 0 Å². The highest BCUT2D eigenvalue weighted by Crippen LogP contribution is 2.16. The van der Waals surface area contributed by atoms with Crippen molar-refractivity contribution in [1.29, 1.82) is 0 Å². The van der Waals surface area contributed by atoms with Crippen molar-refractivity contribution in [3.05, 3.63) is 10.3 Å². The topological polar surface area (TPSA) is 66.4 Å². The molecule has 4 nitrogen and oxygen atoms in total. The number of hydrogen-bond donors (Lipinski definition) is 2. The Hall–Kier alpha value is -0.810. The van der Waals surface area contributed by atoms with Gasteiger partial charge in [-0.3, -0.25) is 4.79 Å². The molecule has 80 valence electrons. The molecule has 0 fully saturated rings. The second kappa shape index (κ2) is 4.61. The van der Waals surface area contributed by atoms with Gasteiger partial charge in [-0.15, -0.1) is 0 Å². The number of aliphatic carboxylic acids is 1. The third-order valence-corrected chi connectivity index (χ3v) is 1.66. The molecule has 0 radical (unpaired) electrons. The lowest BCUT2D eigenvalue weighted by molar-refractivity contribution is -0.145. The van der Waals surface area contributed by atoms with Gasteiger partial charge in [0.15, 0.2) is 0 Å². The number of amides is 1. The summed E-state index contributed by atoms with van der Waals surface area (Å²) < 4.78 is 11.9. The van der Waals surface area contributed by atoms with Crippen LogP contribution in [-0.2, 0) is 9.59 Å². The average molecular weight is 244 g/mol. The maximum absolute atomic E-state index is 12.7. The van der Waals surface area contributed by atoms with Gasteiger partial charge in [-0.25, -0.2) is 4.79 Å². The van der Waals surface area contributed by atoms with Crippen molar-refractivity contribution < 1.29 is 19.1 Å². The van der Waals surface area contributed by atoms with Crippen molar-refractivity contribution >= 4 is 35.1 Å². The molecule has 0 aliphatic heterocycles. The van der Waals surface area contributed by atoms with Gasteiger partial charge in [-0.05, 0) is 13.8 Å². The fourth-order valence-electron chi connectivity index (χ4n) is 0.478. The SMILES string of the molecule is CC(C)(NC(=O)C(F)=C(Cl)Cl)C(=O)O. The lowest BCUT2D eigenvalue weighted by Crippen LogP contribution is -2.49. The Kier molecular flexibility index (Phi) is 4.35. The summed E-state index contributed by atoms with van der Waals surface area (Å²) in [5.74, 6) is -3.98. The molecule has 1 amide bonds. The fraction of sp³-hybridized carbons (Fsp3) is 0.429. The second-order valence-corrected chi connectivity index (χ2v) is 3.91. The third kappa shape index (κ3) is 3.51. The Balaban J connectivity index is 4.65. The first-order valence-electron chi connectivity index (χ1n) is 3.45. The van der Waals surface area contributed by atoms with Crippen LogP contribution in [0.15, 0.2) is 10.3 Å². The number of nitrogens with one attached hydrogen (secondary N) is 1. The van der Waals surface area contributed by atoms with E-state index >= 15 is 0 Å². The molecule has 0 aromatic rings. The Labute approximate surface area is 89.7 Å². The van der Waals surface area contributed by atoms with Gasteiger partial charge >= 0.3 is 5.97 Å². The summed E-state index contributed by atoms with van der Waals surface area (Å²) in [7, 11) is 0. The molecule has 0 heterocycles. The predicted molar refractivity (Wildman–Crippen MR) is 49.7 cm³/mol. The molecule has 0 unspecified atom stereocenters. The van der Waals surface area contributed by atoms with Crippen molar-refractivity contribution in [2.75, 3.05) is 0 Å². The number of rotatable bonds is 3. The highest BCUT2D eigenvalue weighted by atomic mass is 35.5. The largest absolute Gasteiger partial charge is 0.480 e. The Morgan fingerprint density at radius 2 is 1.79 bits per heavy atom. The van der Waals surface area contributed by atoms with Gasteiger partial charge in [0, 0.05) is 0 Å². The lowest BCUT2D eigenvalue weighted by Gasteiger charge is -2.20. The van der Waals surface area contributed by atoms with Crippen LogP contribution in [0.5, 0.6) is 0 Å². The highest BCUT2D eigenvalue weighted by Gasteiger charge is 2.30. The number of hydrogen-bond acceptors (Lipinski definition) is 2. The maximum Gasteiger partial charge on any atom is 0.328 e. The first kappa shape index (κ1) is 13.2. The average Bonchev–Trinajstić information content (AvgIpc) is 2.01. The first-order chi connectivity index (χ1) is 6.18. The van der Waals surface area contributed by atoms with Crippen molar-refractivity contribution in [3.8, 4) is 0 Å².